The van der Waals surface area contributed by atoms with Gasteiger partial charge in [-0.2, -0.15) is 0 Å². The Bertz CT molecular complexity index is 363. The first kappa shape index (κ1) is 18.5. The van der Waals surface area contributed by atoms with Crippen LogP contribution in [0.25, 0.3) is 0 Å². The predicted molar refractivity (Wildman–Crippen MR) is 88.0 cm³/mol. The van der Waals surface area contributed by atoms with Crippen molar-refractivity contribution in [3.8, 4) is 0 Å². The fraction of sp³-hybridized carbons (Fsp3) is 0.571. The lowest BCUT2D eigenvalue weighted by Crippen LogP contribution is -2.49. The molecule has 1 atom stereocenters. The summed E-state index contributed by atoms with van der Waals surface area (Å²) in [7, 11) is 0. The van der Waals surface area contributed by atoms with Gasteiger partial charge in [-0.05, 0) is 31.5 Å². The fourth-order valence-corrected chi connectivity index (χ4v) is 2.42. The Morgan fingerprint density at radius 1 is 1.16 bits per heavy atom. The number of halogens is 2. The van der Waals surface area contributed by atoms with Crippen molar-refractivity contribution in [3.05, 3.63) is 29.8 Å². The van der Waals surface area contributed by atoms with Gasteiger partial charge in [0.25, 0.3) is 0 Å². The molecular weight excluding hydrogens is 281 g/mol. The molecule has 2 rings (SSSR count). The Balaban J connectivity index is 0.00000162. The maximum Gasteiger partial charge on any atom is 0.0369 e. The largest absolute Gasteiger partial charge is 0.369 e. The second-order valence-corrected chi connectivity index (χ2v) is 5.10. The third kappa shape index (κ3) is 5.57. The van der Waals surface area contributed by atoms with Crippen LogP contribution in [0.15, 0.2) is 24.3 Å². The van der Waals surface area contributed by atoms with E-state index in [1.807, 2.05) is 0 Å². The van der Waals surface area contributed by atoms with E-state index in [1.165, 1.54) is 11.3 Å². The van der Waals surface area contributed by atoms with Crippen molar-refractivity contribution in [2.45, 2.75) is 19.9 Å². The normalized spacial score (nSPS) is 17.3. The van der Waals surface area contributed by atoms with Crippen molar-refractivity contribution in [2.24, 2.45) is 5.73 Å². The van der Waals surface area contributed by atoms with Crippen molar-refractivity contribution in [3.63, 3.8) is 0 Å². The molecule has 2 N–H and O–H groups in total. The second kappa shape index (κ2) is 8.64. The van der Waals surface area contributed by atoms with E-state index in [-0.39, 0.29) is 30.9 Å². The minimum absolute atomic E-state index is 0. The third-order valence-corrected chi connectivity index (χ3v) is 3.29. The number of piperazine rings is 1. The summed E-state index contributed by atoms with van der Waals surface area (Å²) in [5.41, 5.74) is 8.52. The highest BCUT2D eigenvalue weighted by atomic mass is 35.5. The minimum Gasteiger partial charge on any atom is -0.369 e. The summed E-state index contributed by atoms with van der Waals surface area (Å²) in [6, 6.07) is 9.03. The summed E-state index contributed by atoms with van der Waals surface area (Å²) >= 11 is 0. The monoisotopic (exact) mass is 305 g/mol. The van der Waals surface area contributed by atoms with Gasteiger partial charge in [0, 0.05) is 44.5 Å². The zero-order valence-electron chi connectivity index (χ0n) is 11.7. The molecule has 1 aromatic rings. The van der Waals surface area contributed by atoms with Gasteiger partial charge >= 0.3 is 0 Å². The Hall–Kier alpha value is -0.480. The minimum atomic E-state index is 0. The molecule has 19 heavy (non-hydrogen) atoms. The van der Waals surface area contributed by atoms with Crippen molar-refractivity contribution in [1.29, 1.82) is 0 Å². The fourth-order valence-electron chi connectivity index (χ4n) is 2.42. The van der Waals surface area contributed by atoms with Gasteiger partial charge in [0.2, 0.25) is 0 Å². The van der Waals surface area contributed by atoms with Crippen LogP contribution >= 0.6 is 24.8 Å². The molecule has 110 valence electrons. The molecule has 1 heterocycles. The molecule has 1 aromatic carbocycles. The topological polar surface area (TPSA) is 32.5 Å². The van der Waals surface area contributed by atoms with Gasteiger partial charge in [-0.3, -0.25) is 4.90 Å². The van der Waals surface area contributed by atoms with Crippen LogP contribution in [0.1, 0.15) is 12.5 Å². The maximum absolute atomic E-state index is 5.83. The number of anilines is 1. The Morgan fingerprint density at radius 2 is 1.79 bits per heavy atom. The van der Waals surface area contributed by atoms with Crippen molar-refractivity contribution >= 4 is 30.5 Å². The van der Waals surface area contributed by atoms with Crippen LogP contribution in [0.3, 0.4) is 0 Å². The molecule has 0 radical (unpaired) electrons. The number of hydrogen-bond acceptors (Lipinski definition) is 3. The van der Waals surface area contributed by atoms with Crippen LogP contribution in [0.5, 0.6) is 0 Å². The van der Waals surface area contributed by atoms with E-state index < -0.39 is 0 Å². The third-order valence-electron chi connectivity index (χ3n) is 3.29. The highest BCUT2D eigenvalue weighted by Crippen LogP contribution is 2.17. The molecule has 0 bridgehead atoms. The van der Waals surface area contributed by atoms with Crippen LogP contribution in [-0.4, -0.2) is 43.7 Å². The van der Waals surface area contributed by atoms with Crippen molar-refractivity contribution in [1.82, 2.24) is 4.90 Å². The van der Waals surface area contributed by atoms with E-state index in [0.29, 0.717) is 0 Å². The molecule has 5 heteroatoms. The van der Waals surface area contributed by atoms with Crippen LogP contribution in [0, 0.1) is 6.92 Å². The van der Waals surface area contributed by atoms with Gasteiger partial charge in [-0.1, -0.05) is 12.1 Å². The molecule has 1 aliphatic rings. The Kier molecular flexibility index (Phi) is 8.42. The van der Waals surface area contributed by atoms with Gasteiger partial charge in [-0.15, -0.1) is 24.8 Å². The molecule has 0 aliphatic carbocycles. The average Bonchev–Trinajstić information content (AvgIpc) is 2.29. The van der Waals surface area contributed by atoms with Gasteiger partial charge < -0.3 is 10.6 Å². The first-order valence-corrected chi connectivity index (χ1v) is 6.45. The standard InChI is InChI=1S/C14H23N3.2ClH/c1-12-4-3-5-14(10-12)17-8-6-16(7-9-17)11-13(2)15;;/h3-5,10,13H,6-9,11,15H2,1-2H3;2*1H. The zero-order chi connectivity index (χ0) is 12.3. The predicted octanol–water partition coefficient (Wildman–Crippen LogP) is 2.31. The van der Waals surface area contributed by atoms with Gasteiger partial charge in [-0.25, -0.2) is 0 Å². The molecule has 1 fully saturated rings. The highest BCUT2D eigenvalue weighted by Gasteiger charge is 2.17. The summed E-state index contributed by atoms with van der Waals surface area (Å²) in [5, 5.41) is 0. The maximum atomic E-state index is 5.83. The molecule has 0 spiro atoms. The second-order valence-electron chi connectivity index (χ2n) is 5.10. The van der Waals surface area contributed by atoms with Crippen LogP contribution in [0.2, 0.25) is 0 Å². The lowest BCUT2D eigenvalue weighted by molar-refractivity contribution is 0.247. The number of hydrogen-bond donors (Lipinski definition) is 1. The number of nitrogens with zero attached hydrogens (tertiary/aromatic N) is 2. The lowest BCUT2D eigenvalue weighted by atomic mass is 10.2. The van der Waals surface area contributed by atoms with Crippen LogP contribution in [0.4, 0.5) is 5.69 Å². The number of rotatable bonds is 3. The van der Waals surface area contributed by atoms with Crippen LogP contribution < -0.4 is 10.6 Å². The summed E-state index contributed by atoms with van der Waals surface area (Å²) in [5.74, 6) is 0. The van der Waals surface area contributed by atoms with E-state index in [4.69, 9.17) is 5.73 Å². The molecule has 1 saturated heterocycles. The van der Waals surface area contributed by atoms with E-state index >= 15 is 0 Å². The van der Waals surface area contributed by atoms with Gasteiger partial charge in [0.15, 0.2) is 0 Å². The van der Waals surface area contributed by atoms with Crippen LogP contribution in [-0.2, 0) is 0 Å². The number of nitrogens with two attached hydrogens (primary N) is 1. The summed E-state index contributed by atoms with van der Waals surface area (Å²) < 4.78 is 0. The molecule has 3 nitrogen and oxygen atoms in total. The zero-order valence-corrected chi connectivity index (χ0v) is 13.3. The summed E-state index contributed by atoms with van der Waals surface area (Å²) in [6.07, 6.45) is 0. The van der Waals surface area contributed by atoms with E-state index in [9.17, 15) is 0 Å². The van der Waals surface area contributed by atoms with E-state index in [1.54, 1.807) is 0 Å². The average molecular weight is 306 g/mol. The lowest BCUT2D eigenvalue weighted by Gasteiger charge is -2.36. The molecular formula is C14H25Cl2N3. The quantitative estimate of drug-likeness (QED) is 0.930. The molecule has 0 aromatic heterocycles. The first-order chi connectivity index (χ1) is 8.15. The van der Waals surface area contributed by atoms with Crippen molar-refractivity contribution < 1.29 is 0 Å². The van der Waals surface area contributed by atoms with E-state index in [0.717, 1.165) is 32.7 Å². The number of aryl methyl sites for hydroxylation is 1. The molecule has 0 saturated carbocycles. The number of benzene rings is 1. The summed E-state index contributed by atoms with van der Waals surface area (Å²) in [6.45, 7) is 9.70. The van der Waals surface area contributed by atoms with Gasteiger partial charge in [0.1, 0.15) is 0 Å². The smallest absolute Gasteiger partial charge is 0.0369 e. The first-order valence-electron chi connectivity index (χ1n) is 6.45. The summed E-state index contributed by atoms with van der Waals surface area (Å²) in [4.78, 5) is 4.92. The van der Waals surface area contributed by atoms with Gasteiger partial charge in [0.05, 0.1) is 0 Å². The molecule has 1 unspecified atom stereocenters. The van der Waals surface area contributed by atoms with E-state index in [2.05, 4.69) is 47.9 Å². The SMILES string of the molecule is Cc1cccc(N2CCN(CC(C)N)CC2)c1.Cl.Cl. The Morgan fingerprint density at radius 3 is 2.32 bits per heavy atom. The van der Waals surface area contributed by atoms with Crippen molar-refractivity contribution in [2.75, 3.05) is 37.6 Å². The molecule has 0 amide bonds. The molecule has 1 aliphatic heterocycles. The Labute approximate surface area is 129 Å². The highest BCUT2D eigenvalue weighted by molar-refractivity contribution is 5.85.